The van der Waals surface area contributed by atoms with Gasteiger partial charge in [0.2, 0.25) is 53.2 Å². The highest BCUT2D eigenvalue weighted by Crippen LogP contribution is 2.58. The minimum Gasteiger partial charge on any atom is -0.504 e. The summed E-state index contributed by atoms with van der Waals surface area (Å²) in [6, 6.07) is 4.01. The Bertz CT molecular complexity index is 5320. The second-order valence-electron chi connectivity index (χ2n) is 24.3. The lowest BCUT2D eigenvalue weighted by Gasteiger charge is -2.43. The number of benzene rings is 8. The Kier molecular flexibility index (Phi) is 19.3. The Morgan fingerprint density at radius 2 is 0.643 bits per heavy atom. The topological polar surface area (TPSA) is 744 Å². The van der Waals surface area contributed by atoms with Gasteiger partial charge in [-0.1, -0.05) is 0 Å². The Hall–Kier alpha value is -15.4. The van der Waals surface area contributed by atoms with Gasteiger partial charge in [-0.3, -0.25) is 0 Å². The molecule has 2 fully saturated rings. The predicted molar refractivity (Wildman–Crippen MR) is 345 cm³/mol. The van der Waals surface area contributed by atoms with Crippen LogP contribution in [-0.2, 0) is 47.4 Å². The van der Waals surface area contributed by atoms with E-state index >= 15 is 4.79 Å². The van der Waals surface area contributed by atoms with Crippen molar-refractivity contribution in [2.75, 3.05) is 13.2 Å². The quantitative estimate of drug-likeness (QED) is 0.0527. The first-order chi connectivity index (χ1) is 52.7. The molecule has 4 heterocycles. The van der Waals surface area contributed by atoms with Gasteiger partial charge in [0, 0.05) is 34.4 Å². The van der Waals surface area contributed by atoms with E-state index in [4.69, 9.17) is 52.1 Å². The monoisotopic (exact) mass is 1570 g/mol. The van der Waals surface area contributed by atoms with Gasteiger partial charge in [-0.2, -0.15) is 0 Å². The molecule has 0 spiro atoms. The lowest BCUT2D eigenvalue weighted by molar-refractivity contribution is -0.284. The summed E-state index contributed by atoms with van der Waals surface area (Å²) in [5.41, 5.74) is -14.5. The van der Waals surface area contributed by atoms with Crippen molar-refractivity contribution in [3.63, 3.8) is 0 Å². The van der Waals surface area contributed by atoms with E-state index < -0.39 is 333 Å². The number of rotatable bonds is 10. The third kappa shape index (κ3) is 13.2. The standard InChI is InChI=1S/C68H50O44/c69-22-1-14(2-23(70)39(22)79)59(94)109-57-55-34(13-103-62(97)17-7-28(75)42(82)48(88)35(17)36-18(64(99)107-55)8-29(76)43(83)49(36)89)106-68(58(57)110-60(95)15-3-24(71)40(80)25(72)4-15)112-66(101)21-10-31(78)45(85)52(92)54(21)104-32-11-20-38(51(91)46(32)86)37-19(9-30(77)44(84)50(37)90)65(100)108-56-47(87)33(12-102-63(20)98)105-67(53(56)93)111-61(96)16-5-26(73)41(81)27(74)6-16/h1-11,33-34,47,53,55-58,67-93H,12-13H2/t33-,34+,47-,53+,55+,56-,57-,58+,67-,68+/m0/s1. The lowest BCUT2D eigenvalue weighted by Crippen LogP contribution is -2.63. The molecular formula is C68H50O44. The van der Waals surface area contributed by atoms with Crippen molar-refractivity contribution < 1.29 is 218 Å². The highest BCUT2D eigenvalue weighted by molar-refractivity contribution is 6.10. The SMILES string of the molecule is O=C(O[C@@H]1O[C@H]2COC(=O)c3cc(Oc4c(C(=O)O[C@H]5O[C@@H]6COC(=O)c7cc(O)c(O)c(O)c7-c7c(cc(O)c(O)c7O)C(=O)O[C@H]6[C@H](OC(=O)c6cc(O)c(O)c(O)c6)[C@H]5OC(=O)c5cc(O)c(O)c(O)c5)cc(O)c(O)c4O)c(O)c(O)c3-c3c(cc(O)c(O)c3O)C(=O)O[C@@H]([C@H]2O)[C@H]1O)c1cc(O)c(O)c(O)c1. The molecule has 8 aromatic rings. The minimum absolute atomic E-state index is 0.135. The number of aromatic hydroxyl groups is 23. The molecule has 0 saturated carbocycles. The number of carbonyl (C=O) groups excluding carboxylic acids is 8. The Balaban J connectivity index is 0.984. The van der Waals surface area contributed by atoms with Crippen LogP contribution >= 0.6 is 0 Å². The number of aliphatic hydroxyl groups is 2. The summed E-state index contributed by atoms with van der Waals surface area (Å²) in [4.78, 5) is 116. The van der Waals surface area contributed by atoms with Crippen LogP contribution in [-0.4, -0.2) is 250 Å². The van der Waals surface area contributed by atoms with Gasteiger partial charge in [-0.25, -0.2) is 38.4 Å². The molecule has 2 bridgehead atoms. The zero-order valence-corrected chi connectivity index (χ0v) is 55.0. The molecule has 112 heavy (non-hydrogen) atoms. The number of hydrogen-bond acceptors (Lipinski definition) is 44. The number of aliphatic hydroxyl groups excluding tert-OH is 2. The molecule has 586 valence electrons. The number of phenols is 23. The van der Waals surface area contributed by atoms with Crippen LogP contribution in [0.3, 0.4) is 0 Å². The fourth-order valence-electron chi connectivity index (χ4n) is 11.8. The van der Waals surface area contributed by atoms with Gasteiger partial charge in [0.25, 0.3) is 0 Å². The van der Waals surface area contributed by atoms with Crippen LogP contribution in [0.25, 0.3) is 22.3 Å². The van der Waals surface area contributed by atoms with E-state index in [9.17, 15) is 161 Å². The van der Waals surface area contributed by atoms with E-state index in [-0.39, 0.29) is 24.3 Å². The molecule has 2 saturated heterocycles. The van der Waals surface area contributed by atoms with E-state index in [1.54, 1.807) is 0 Å². The van der Waals surface area contributed by atoms with Crippen molar-refractivity contribution in [1.29, 1.82) is 0 Å². The Morgan fingerprint density at radius 1 is 0.312 bits per heavy atom. The molecule has 25 N–H and O–H groups in total. The maximum Gasteiger partial charge on any atom is 0.344 e. The Morgan fingerprint density at radius 3 is 1.08 bits per heavy atom. The van der Waals surface area contributed by atoms with E-state index in [2.05, 4.69) is 0 Å². The molecule has 44 heteroatoms. The molecule has 0 unspecified atom stereocenters. The third-order valence-corrected chi connectivity index (χ3v) is 17.3. The number of cyclic esters (lactones) is 2. The van der Waals surface area contributed by atoms with Gasteiger partial charge in [0.05, 0.1) is 38.9 Å². The summed E-state index contributed by atoms with van der Waals surface area (Å²) >= 11 is 0. The number of esters is 8. The molecule has 4 aliphatic heterocycles. The number of ether oxygens (including phenoxy) is 11. The van der Waals surface area contributed by atoms with E-state index in [1.807, 2.05) is 0 Å². The van der Waals surface area contributed by atoms with Gasteiger partial charge in [-0.05, 0) is 54.6 Å². The lowest BCUT2D eigenvalue weighted by atomic mass is 9.91. The second kappa shape index (κ2) is 28.4. The molecule has 4 aliphatic rings. The molecule has 0 radical (unpaired) electrons. The average molecular weight is 1570 g/mol. The Labute approximate surface area is 616 Å². The zero-order valence-electron chi connectivity index (χ0n) is 55.0. The van der Waals surface area contributed by atoms with E-state index in [1.165, 1.54) is 0 Å². The zero-order chi connectivity index (χ0) is 81.7. The van der Waals surface area contributed by atoms with Crippen LogP contribution in [0, 0.1) is 0 Å². The first kappa shape index (κ1) is 76.2. The van der Waals surface area contributed by atoms with Crippen molar-refractivity contribution in [2.24, 2.45) is 0 Å². The molecule has 0 aromatic heterocycles. The van der Waals surface area contributed by atoms with Crippen molar-refractivity contribution in [1.82, 2.24) is 0 Å². The maximum absolute atomic E-state index is 15.2. The summed E-state index contributed by atoms with van der Waals surface area (Å²) in [5.74, 6) is -51.6. The molecule has 44 nitrogen and oxygen atoms in total. The summed E-state index contributed by atoms with van der Waals surface area (Å²) in [7, 11) is 0. The fourth-order valence-corrected chi connectivity index (χ4v) is 11.8. The van der Waals surface area contributed by atoms with Crippen molar-refractivity contribution in [3.05, 3.63) is 111 Å². The minimum atomic E-state index is -3.05. The molecule has 12 rings (SSSR count). The highest BCUT2D eigenvalue weighted by atomic mass is 16.8. The fraction of sp³-hybridized carbons (Fsp3) is 0.176. The van der Waals surface area contributed by atoms with E-state index in [0.29, 0.717) is 42.5 Å². The van der Waals surface area contributed by atoms with Gasteiger partial charge >= 0.3 is 47.8 Å². The van der Waals surface area contributed by atoms with Crippen LogP contribution in [0.4, 0.5) is 0 Å². The number of carbonyl (C=O) groups is 8. The van der Waals surface area contributed by atoms with Gasteiger partial charge in [0.15, 0.2) is 134 Å². The molecule has 0 amide bonds. The normalized spacial score (nSPS) is 20.7. The van der Waals surface area contributed by atoms with Gasteiger partial charge in [-0.15, -0.1) is 0 Å². The summed E-state index contributed by atoms with van der Waals surface area (Å²) in [6.45, 7) is -2.90. The van der Waals surface area contributed by atoms with Crippen LogP contribution in [0.2, 0.25) is 0 Å². The first-order valence-corrected chi connectivity index (χ1v) is 31.1. The highest BCUT2D eigenvalue weighted by Gasteiger charge is 2.56. The van der Waals surface area contributed by atoms with Crippen molar-refractivity contribution >= 4 is 47.8 Å². The van der Waals surface area contributed by atoms with E-state index in [0.717, 1.165) is 0 Å². The van der Waals surface area contributed by atoms with Gasteiger partial charge in [0.1, 0.15) is 37.1 Å². The second-order valence-corrected chi connectivity index (χ2v) is 24.3. The first-order valence-electron chi connectivity index (χ1n) is 31.1. The molecule has 8 aromatic carbocycles. The van der Waals surface area contributed by atoms with Crippen LogP contribution in [0.1, 0.15) is 82.9 Å². The number of hydrogen-bond donors (Lipinski definition) is 25. The summed E-state index contributed by atoms with van der Waals surface area (Å²) < 4.78 is 61.3. The molecule has 10 atom stereocenters. The van der Waals surface area contributed by atoms with Crippen LogP contribution in [0.15, 0.2) is 66.7 Å². The molecular weight excluding hydrogens is 1520 g/mol. The third-order valence-electron chi connectivity index (χ3n) is 17.3. The number of fused-ring (bicyclic) bond motifs is 9. The smallest absolute Gasteiger partial charge is 0.344 e. The molecule has 0 aliphatic carbocycles. The predicted octanol–water partition coefficient (Wildman–Crippen LogP) is 1.77. The van der Waals surface area contributed by atoms with Crippen LogP contribution < -0.4 is 4.74 Å². The summed E-state index contributed by atoms with van der Waals surface area (Å²) in [6.07, 6.45) is -26.0. The average Bonchev–Trinajstić information content (AvgIpc) is 0.877. The van der Waals surface area contributed by atoms with Crippen molar-refractivity contribution in [3.8, 4) is 166 Å². The summed E-state index contributed by atoms with van der Waals surface area (Å²) in [5, 5.41) is 272. The largest absolute Gasteiger partial charge is 0.504 e. The maximum atomic E-state index is 15.2. The van der Waals surface area contributed by atoms with Crippen molar-refractivity contribution in [2.45, 2.75) is 61.4 Å². The van der Waals surface area contributed by atoms with Gasteiger partial charge < -0.3 is 180 Å². The number of phenolic OH excluding ortho intramolecular Hbond substituents is 23. The van der Waals surface area contributed by atoms with Crippen LogP contribution in [0.5, 0.6) is 144 Å².